The molecule has 1 aliphatic heterocycles. The van der Waals surface area contributed by atoms with Gasteiger partial charge in [0.2, 0.25) is 0 Å². The van der Waals surface area contributed by atoms with Gasteiger partial charge in [-0.3, -0.25) is 4.79 Å². The minimum absolute atomic E-state index is 0.0187. The summed E-state index contributed by atoms with van der Waals surface area (Å²) in [5, 5.41) is 0. The van der Waals surface area contributed by atoms with Crippen molar-refractivity contribution in [1.29, 1.82) is 0 Å². The molecule has 0 aliphatic carbocycles. The number of amides is 1. The molecule has 2 nitrogen and oxygen atoms in total. The highest BCUT2D eigenvalue weighted by atomic mass is 19.4. The third-order valence-corrected chi connectivity index (χ3v) is 3.22. The maximum Gasteiger partial charge on any atom is 0.463 e. The van der Waals surface area contributed by atoms with Gasteiger partial charge in [0.1, 0.15) is 0 Å². The normalized spacial score (nSPS) is 19.1. The van der Waals surface area contributed by atoms with Gasteiger partial charge in [0.25, 0.3) is 0 Å². The molecule has 0 N–H and O–H groups in total. The number of likely N-dealkylation sites (tertiary alicyclic amines) is 1. The van der Waals surface area contributed by atoms with Gasteiger partial charge in [-0.25, -0.2) is 0 Å². The van der Waals surface area contributed by atoms with Crippen LogP contribution in [-0.2, 0) is 4.79 Å². The molecule has 1 aliphatic rings. The molecule has 0 bridgehead atoms. The second-order valence-corrected chi connectivity index (χ2v) is 4.60. The van der Waals surface area contributed by atoms with Crippen molar-refractivity contribution in [3.63, 3.8) is 0 Å². The number of hydrogen-bond donors (Lipinski definition) is 0. The largest absolute Gasteiger partial charge is 0.463 e. The zero-order chi connectivity index (χ0) is 14.0. The quantitative estimate of drug-likeness (QED) is 0.723. The summed E-state index contributed by atoms with van der Waals surface area (Å²) in [6.07, 6.45) is -2.97. The maximum absolute atomic E-state index is 12.8. The first-order valence-corrected chi connectivity index (χ1v) is 5.94. The minimum atomic E-state index is -5.82. The molecule has 1 saturated heterocycles. The molecular weight excluding hydrogens is 257 g/mol. The fourth-order valence-corrected chi connectivity index (χ4v) is 2.15. The highest BCUT2D eigenvalue weighted by Gasteiger charge is 2.64. The van der Waals surface area contributed by atoms with Crippen LogP contribution in [0.25, 0.3) is 0 Å². The Morgan fingerprint density at radius 2 is 1.67 bits per heavy atom. The number of alkyl halides is 5. The summed E-state index contributed by atoms with van der Waals surface area (Å²) in [7, 11) is 0. The molecule has 1 amide bonds. The number of carbonyl (C=O) groups is 1. The monoisotopic (exact) mass is 273 g/mol. The van der Waals surface area contributed by atoms with E-state index in [-0.39, 0.29) is 13.1 Å². The average molecular weight is 273 g/mol. The van der Waals surface area contributed by atoms with E-state index in [2.05, 4.69) is 0 Å². The Balaban J connectivity index is 2.60. The van der Waals surface area contributed by atoms with Crippen LogP contribution in [0.3, 0.4) is 0 Å². The third-order valence-electron chi connectivity index (χ3n) is 3.22. The smallest absolute Gasteiger partial charge is 0.337 e. The summed E-state index contributed by atoms with van der Waals surface area (Å²) in [5.41, 5.74) is 0. The lowest BCUT2D eigenvalue weighted by atomic mass is 9.92. The van der Waals surface area contributed by atoms with E-state index in [1.807, 2.05) is 6.92 Å². The highest BCUT2D eigenvalue weighted by Crippen LogP contribution is 2.37. The topological polar surface area (TPSA) is 20.3 Å². The van der Waals surface area contributed by atoms with E-state index < -0.39 is 18.0 Å². The van der Waals surface area contributed by atoms with E-state index in [0.29, 0.717) is 23.7 Å². The summed E-state index contributed by atoms with van der Waals surface area (Å²) >= 11 is 0. The summed E-state index contributed by atoms with van der Waals surface area (Å²) in [5.74, 6) is -7.08. The lowest BCUT2D eigenvalue weighted by molar-refractivity contribution is -0.274. The van der Waals surface area contributed by atoms with E-state index in [1.54, 1.807) is 0 Å². The van der Waals surface area contributed by atoms with Gasteiger partial charge in [0.05, 0.1) is 0 Å². The number of rotatable bonds is 3. The van der Waals surface area contributed by atoms with Gasteiger partial charge in [-0.1, -0.05) is 19.8 Å². The van der Waals surface area contributed by atoms with Gasteiger partial charge in [-0.2, -0.15) is 22.0 Å². The predicted octanol–water partition coefficient (Wildman–Crippen LogP) is 3.22. The molecule has 106 valence electrons. The van der Waals surface area contributed by atoms with Crippen molar-refractivity contribution in [2.24, 2.45) is 5.92 Å². The zero-order valence-corrected chi connectivity index (χ0v) is 10.1. The van der Waals surface area contributed by atoms with Gasteiger partial charge in [0, 0.05) is 13.1 Å². The Hall–Kier alpha value is -0.880. The lowest BCUT2D eigenvalue weighted by Crippen LogP contribution is -2.53. The van der Waals surface area contributed by atoms with Crippen molar-refractivity contribution >= 4 is 5.91 Å². The molecule has 0 radical (unpaired) electrons. The van der Waals surface area contributed by atoms with Crippen LogP contribution in [0, 0.1) is 5.92 Å². The van der Waals surface area contributed by atoms with Crippen LogP contribution >= 0.6 is 0 Å². The van der Waals surface area contributed by atoms with Gasteiger partial charge in [-0.05, 0) is 18.8 Å². The fourth-order valence-electron chi connectivity index (χ4n) is 2.15. The van der Waals surface area contributed by atoms with Crippen molar-refractivity contribution in [1.82, 2.24) is 4.90 Å². The molecule has 0 unspecified atom stereocenters. The van der Waals surface area contributed by atoms with Crippen LogP contribution in [0.5, 0.6) is 0 Å². The average Bonchev–Trinajstić information content (AvgIpc) is 2.28. The van der Waals surface area contributed by atoms with Crippen LogP contribution in [0.2, 0.25) is 0 Å². The Morgan fingerprint density at radius 1 is 1.17 bits per heavy atom. The number of nitrogens with zero attached hydrogens (tertiary/aromatic N) is 1. The van der Waals surface area contributed by atoms with E-state index in [4.69, 9.17) is 0 Å². The Morgan fingerprint density at radius 3 is 2.06 bits per heavy atom. The first kappa shape index (κ1) is 15.2. The standard InChI is InChI=1S/C11H16F5NO/c1-2-3-8-4-6-17(7-5-8)9(18)10(12,13)11(14,15)16/h8H,2-7H2,1H3. The third kappa shape index (κ3) is 3.11. The predicted molar refractivity (Wildman–Crippen MR) is 55.2 cm³/mol. The Bertz CT molecular complexity index is 294. The molecule has 0 aromatic carbocycles. The molecule has 1 rings (SSSR count). The number of carbonyl (C=O) groups excluding carboxylic acids is 1. The van der Waals surface area contributed by atoms with Crippen LogP contribution in [0.4, 0.5) is 22.0 Å². The summed E-state index contributed by atoms with van der Waals surface area (Å²) in [6, 6.07) is 0. The summed E-state index contributed by atoms with van der Waals surface area (Å²) < 4.78 is 61.8. The molecule has 0 atom stereocenters. The van der Waals surface area contributed by atoms with Crippen LogP contribution in [0.15, 0.2) is 0 Å². The molecule has 1 heterocycles. The molecule has 7 heteroatoms. The van der Waals surface area contributed by atoms with Crippen molar-refractivity contribution < 1.29 is 26.7 Å². The molecule has 1 fully saturated rings. The first-order chi connectivity index (χ1) is 8.20. The minimum Gasteiger partial charge on any atom is -0.337 e. The van der Waals surface area contributed by atoms with Crippen molar-refractivity contribution in [3.8, 4) is 0 Å². The molecular formula is C11H16F5NO. The van der Waals surface area contributed by atoms with Crippen LogP contribution in [-0.4, -0.2) is 36.0 Å². The molecule has 0 spiro atoms. The summed E-state index contributed by atoms with van der Waals surface area (Å²) in [4.78, 5) is 11.8. The number of hydrogen-bond acceptors (Lipinski definition) is 1. The molecule has 0 saturated carbocycles. The maximum atomic E-state index is 12.8. The Labute approximate surface area is 102 Å². The Kier molecular flexibility index (Phi) is 4.55. The molecule has 0 aromatic rings. The SMILES string of the molecule is CCCC1CCN(C(=O)C(F)(F)C(F)(F)F)CC1. The lowest BCUT2D eigenvalue weighted by Gasteiger charge is -2.34. The van der Waals surface area contributed by atoms with E-state index in [0.717, 1.165) is 12.8 Å². The van der Waals surface area contributed by atoms with E-state index in [9.17, 15) is 26.7 Å². The molecule has 18 heavy (non-hydrogen) atoms. The molecule has 0 aromatic heterocycles. The van der Waals surface area contributed by atoms with Gasteiger partial charge in [0.15, 0.2) is 0 Å². The van der Waals surface area contributed by atoms with Crippen LogP contribution < -0.4 is 0 Å². The van der Waals surface area contributed by atoms with E-state index >= 15 is 0 Å². The highest BCUT2D eigenvalue weighted by molar-refractivity contribution is 5.84. The van der Waals surface area contributed by atoms with Crippen LogP contribution in [0.1, 0.15) is 32.6 Å². The van der Waals surface area contributed by atoms with Crippen molar-refractivity contribution in [2.45, 2.75) is 44.7 Å². The zero-order valence-electron chi connectivity index (χ0n) is 10.1. The van der Waals surface area contributed by atoms with E-state index in [1.165, 1.54) is 0 Å². The van der Waals surface area contributed by atoms with Crippen molar-refractivity contribution in [3.05, 3.63) is 0 Å². The number of piperidine rings is 1. The second-order valence-electron chi connectivity index (χ2n) is 4.60. The second kappa shape index (κ2) is 5.40. The number of halogens is 5. The fraction of sp³-hybridized carbons (Fsp3) is 0.909. The van der Waals surface area contributed by atoms with Crippen molar-refractivity contribution in [2.75, 3.05) is 13.1 Å². The first-order valence-electron chi connectivity index (χ1n) is 5.94. The van der Waals surface area contributed by atoms with Gasteiger partial charge < -0.3 is 4.90 Å². The van der Waals surface area contributed by atoms with Gasteiger partial charge >= 0.3 is 18.0 Å². The van der Waals surface area contributed by atoms with Gasteiger partial charge in [-0.15, -0.1) is 0 Å². The summed E-state index contributed by atoms with van der Waals surface area (Å²) in [6.45, 7) is 1.94.